The van der Waals surface area contributed by atoms with Gasteiger partial charge in [-0.25, -0.2) is 4.98 Å². The van der Waals surface area contributed by atoms with Crippen LogP contribution in [0.5, 0.6) is 0 Å². The molecule has 1 aliphatic heterocycles. The van der Waals surface area contributed by atoms with E-state index in [0.29, 0.717) is 12.0 Å². The van der Waals surface area contributed by atoms with Gasteiger partial charge in [-0.1, -0.05) is 34.1 Å². The lowest BCUT2D eigenvalue weighted by Gasteiger charge is -2.36. The maximum absolute atomic E-state index is 6.17. The molecule has 2 N–H and O–H groups in total. The van der Waals surface area contributed by atoms with Crippen LogP contribution in [-0.2, 0) is 12.0 Å². The van der Waals surface area contributed by atoms with Crippen molar-refractivity contribution in [2.75, 3.05) is 13.1 Å². The highest BCUT2D eigenvalue weighted by Crippen LogP contribution is 2.26. The van der Waals surface area contributed by atoms with Crippen LogP contribution in [0.15, 0.2) is 5.38 Å². The molecule has 0 aromatic carbocycles. The molecule has 3 nitrogen and oxygen atoms in total. The third-order valence-electron chi connectivity index (χ3n) is 4.08. The Morgan fingerprint density at radius 3 is 2.79 bits per heavy atom. The fourth-order valence-corrected chi connectivity index (χ4v) is 3.68. The third kappa shape index (κ3) is 3.77. The fraction of sp³-hybridized carbons (Fsp3) is 0.800. The van der Waals surface area contributed by atoms with Gasteiger partial charge < -0.3 is 5.73 Å². The number of nitrogens with zero attached hydrogens (tertiary/aromatic N) is 2. The summed E-state index contributed by atoms with van der Waals surface area (Å²) >= 11 is 1.80. The Balaban J connectivity index is 1.96. The van der Waals surface area contributed by atoms with E-state index in [9.17, 15) is 0 Å². The summed E-state index contributed by atoms with van der Waals surface area (Å²) in [6, 6.07) is 0.391. The van der Waals surface area contributed by atoms with Crippen LogP contribution in [0.4, 0.5) is 0 Å². The second kappa shape index (κ2) is 5.90. The molecule has 0 amide bonds. The summed E-state index contributed by atoms with van der Waals surface area (Å²) in [5, 5.41) is 3.46. The van der Waals surface area contributed by atoms with Crippen LogP contribution in [0.1, 0.15) is 51.2 Å². The normalized spacial score (nSPS) is 25.7. The zero-order chi connectivity index (χ0) is 14.0. The molecule has 1 aromatic heterocycles. The van der Waals surface area contributed by atoms with Gasteiger partial charge in [-0.3, -0.25) is 4.90 Å². The summed E-state index contributed by atoms with van der Waals surface area (Å²) < 4.78 is 0. The monoisotopic (exact) mass is 281 g/mol. The summed E-state index contributed by atoms with van der Waals surface area (Å²) in [5.41, 5.74) is 7.54. The third-order valence-corrected chi connectivity index (χ3v) is 4.91. The van der Waals surface area contributed by atoms with Gasteiger partial charge in [0.2, 0.25) is 0 Å². The van der Waals surface area contributed by atoms with Gasteiger partial charge in [-0.15, -0.1) is 11.3 Å². The first-order valence-electron chi connectivity index (χ1n) is 7.33. The Labute approximate surface area is 121 Å². The molecule has 0 spiro atoms. The van der Waals surface area contributed by atoms with Crippen molar-refractivity contribution >= 4 is 11.3 Å². The van der Waals surface area contributed by atoms with Crippen molar-refractivity contribution < 1.29 is 0 Å². The van der Waals surface area contributed by atoms with Gasteiger partial charge in [-0.05, 0) is 12.3 Å². The van der Waals surface area contributed by atoms with Gasteiger partial charge in [0.1, 0.15) is 5.01 Å². The summed E-state index contributed by atoms with van der Waals surface area (Å²) in [6.07, 6.45) is 2.30. The number of rotatable bonds is 3. The topological polar surface area (TPSA) is 42.2 Å². The van der Waals surface area contributed by atoms with Gasteiger partial charge in [0.25, 0.3) is 0 Å². The van der Waals surface area contributed by atoms with E-state index in [4.69, 9.17) is 10.7 Å². The van der Waals surface area contributed by atoms with Crippen LogP contribution < -0.4 is 5.73 Å². The average molecular weight is 281 g/mol. The van der Waals surface area contributed by atoms with Gasteiger partial charge in [-0.2, -0.15) is 0 Å². The first kappa shape index (κ1) is 14.9. The molecule has 4 heteroatoms. The Bertz CT molecular complexity index is 408. The molecule has 2 unspecified atom stereocenters. The van der Waals surface area contributed by atoms with Gasteiger partial charge in [0.15, 0.2) is 0 Å². The average Bonchev–Trinajstić information content (AvgIpc) is 2.80. The zero-order valence-electron chi connectivity index (χ0n) is 12.6. The number of thiazole rings is 1. The first-order chi connectivity index (χ1) is 8.90. The molecule has 0 radical (unpaired) electrons. The van der Waals surface area contributed by atoms with E-state index in [2.05, 4.69) is 38.0 Å². The minimum Gasteiger partial charge on any atom is -0.327 e. The molecule has 0 bridgehead atoms. The molecule has 0 aliphatic carbocycles. The fourth-order valence-electron chi connectivity index (χ4n) is 2.62. The number of piperidine rings is 1. The second-order valence-electron chi connectivity index (χ2n) is 6.73. The number of hydrogen-bond donors (Lipinski definition) is 1. The highest BCUT2D eigenvalue weighted by molar-refractivity contribution is 7.09. The molecule has 2 rings (SSSR count). The summed E-state index contributed by atoms with van der Waals surface area (Å²) in [6.45, 7) is 12.1. The van der Waals surface area contributed by atoms with Gasteiger partial charge >= 0.3 is 0 Å². The standard InChI is InChI=1S/C15H27N3S/c1-5-11-8-18(7-6-12(11)16)9-14-17-13(10-19-14)15(2,3)4/h10-12H,5-9,16H2,1-4H3. The van der Waals surface area contributed by atoms with Gasteiger partial charge in [0, 0.05) is 29.9 Å². The van der Waals surface area contributed by atoms with E-state index in [1.54, 1.807) is 11.3 Å². The Kier molecular flexibility index (Phi) is 4.64. The number of likely N-dealkylation sites (tertiary alicyclic amines) is 1. The van der Waals surface area contributed by atoms with Crippen molar-refractivity contribution in [2.24, 2.45) is 11.7 Å². The Morgan fingerprint density at radius 2 is 2.21 bits per heavy atom. The highest BCUT2D eigenvalue weighted by Gasteiger charge is 2.26. The molecule has 1 aromatic rings. The SMILES string of the molecule is CCC1CN(Cc2nc(C(C)(C)C)cs2)CCC1N. The Hall–Kier alpha value is -0.450. The predicted molar refractivity (Wildman–Crippen MR) is 82.5 cm³/mol. The molecule has 19 heavy (non-hydrogen) atoms. The van der Waals surface area contributed by atoms with Crippen LogP contribution in [0.3, 0.4) is 0 Å². The largest absolute Gasteiger partial charge is 0.327 e. The van der Waals surface area contributed by atoms with E-state index >= 15 is 0 Å². The molecular formula is C15H27N3S. The van der Waals surface area contributed by atoms with E-state index in [0.717, 1.165) is 26.1 Å². The zero-order valence-corrected chi connectivity index (χ0v) is 13.5. The number of nitrogens with two attached hydrogens (primary N) is 1. The quantitative estimate of drug-likeness (QED) is 0.926. The van der Waals surface area contributed by atoms with Crippen molar-refractivity contribution in [2.45, 2.75) is 58.5 Å². The molecule has 2 atom stereocenters. The van der Waals surface area contributed by atoms with Gasteiger partial charge in [0.05, 0.1) is 12.2 Å². The molecule has 108 valence electrons. The van der Waals surface area contributed by atoms with Crippen molar-refractivity contribution in [3.05, 3.63) is 16.1 Å². The molecular weight excluding hydrogens is 254 g/mol. The highest BCUT2D eigenvalue weighted by atomic mass is 32.1. The minimum absolute atomic E-state index is 0.158. The van der Waals surface area contributed by atoms with Crippen LogP contribution >= 0.6 is 11.3 Å². The van der Waals surface area contributed by atoms with Crippen molar-refractivity contribution in [3.63, 3.8) is 0 Å². The van der Waals surface area contributed by atoms with Crippen LogP contribution in [-0.4, -0.2) is 29.0 Å². The van der Waals surface area contributed by atoms with E-state index in [-0.39, 0.29) is 5.41 Å². The van der Waals surface area contributed by atoms with Crippen LogP contribution in [0, 0.1) is 5.92 Å². The van der Waals surface area contributed by atoms with Crippen molar-refractivity contribution in [1.29, 1.82) is 0 Å². The summed E-state index contributed by atoms with van der Waals surface area (Å²) in [5.74, 6) is 0.649. The van der Waals surface area contributed by atoms with Crippen molar-refractivity contribution in [1.82, 2.24) is 9.88 Å². The second-order valence-corrected chi connectivity index (χ2v) is 7.68. The van der Waals surface area contributed by atoms with Crippen LogP contribution in [0.2, 0.25) is 0 Å². The lowest BCUT2D eigenvalue weighted by molar-refractivity contribution is 0.145. The van der Waals surface area contributed by atoms with E-state index in [1.807, 2.05) is 0 Å². The maximum Gasteiger partial charge on any atom is 0.107 e. The molecule has 1 aliphatic rings. The molecule has 0 saturated carbocycles. The number of hydrogen-bond acceptors (Lipinski definition) is 4. The van der Waals surface area contributed by atoms with Crippen molar-refractivity contribution in [3.8, 4) is 0 Å². The molecule has 1 saturated heterocycles. The maximum atomic E-state index is 6.17. The lowest BCUT2D eigenvalue weighted by Crippen LogP contribution is -2.46. The summed E-state index contributed by atoms with van der Waals surface area (Å²) in [7, 11) is 0. The first-order valence-corrected chi connectivity index (χ1v) is 8.21. The smallest absolute Gasteiger partial charge is 0.107 e. The summed E-state index contributed by atoms with van der Waals surface area (Å²) in [4.78, 5) is 7.31. The number of aromatic nitrogens is 1. The predicted octanol–water partition coefficient (Wildman–Crippen LogP) is 3.00. The van der Waals surface area contributed by atoms with E-state index < -0.39 is 0 Å². The Morgan fingerprint density at radius 1 is 1.47 bits per heavy atom. The molecule has 2 heterocycles. The van der Waals surface area contributed by atoms with E-state index in [1.165, 1.54) is 17.1 Å². The minimum atomic E-state index is 0.158. The molecule has 1 fully saturated rings. The lowest BCUT2D eigenvalue weighted by atomic mass is 9.91. The van der Waals surface area contributed by atoms with Crippen LogP contribution in [0.25, 0.3) is 0 Å².